The van der Waals surface area contributed by atoms with Crippen LogP contribution in [0.5, 0.6) is 11.5 Å². The van der Waals surface area contributed by atoms with Gasteiger partial charge in [-0.05, 0) is 72.3 Å². The largest absolute Gasteiger partial charge is 2.00 e. The summed E-state index contributed by atoms with van der Waals surface area (Å²) in [6, 6.07) is 47.1. The summed E-state index contributed by atoms with van der Waals surface area (Å²) in [6.07, 6.45) is 2.71. The summed E-state index contributed by atoms with van der Waals surface area (Å²) in [5.41, 5.74) is 11.8. The second-order valence-corrected chi connectivity index (χ2v) is 12.2. The number of hydrogen-bond acceptors (Lipinski definition) is 3. The van der Waals surface area contributed by atoms with Gasteiger partial charge in [-0.25, -0.2) is 4.98 Å². The van der Waals surface area contributed by atoms with Crippen molar-refractivity contribution in [3.8, 4) is 45.3 Å². The molecule has 5 nitrogen and oxygen atoms in total. The van der Waals surface area contributed by atoms with E-state index in [0.717, 1.165) is 78.9 Å². The molecule has 0 aliphatic heterocycles. The molecule has 0 atom stereocenters. The minimum Gasteiger partial charge on any atom is -0.509 e. The molecular weight excluding hydrogens is 784 g/mol. The summed E-state index contributed by atoms with van der Waals surface area (Å²) in [4.78, 5) is 4.77. The van der Waals surface area contributed by atoms with Gasteiger partial charge in [-0.3, -0.25) is 4.68 Å². The van der Waals surface area contributed by atoms with Gasteiger partial charge >= 0.3 is 21.1 Å². The molecule has 0 aliphatic rings. The Hall–Kier alpha value is -5.25. The zero-order valence-electron chi connectivity index (χ0n) is 27.8. The van der Waals surface area contributed by atoms with Crippen LogP contribution in [-0.2, 0) is 27.5 Å². The van der Waals surface area contributed by atoms with Gasteiger partial charge in [-0.15, -0.1) is 35.7 Å². The van der Waals surface area contributed by atoms with Crippen LogP contribution in [0.1, 0.15) is 29.4 Å². The standard InChI is InChI=1S/C43H34N4O.Pt/c1-5-31-23-35(47-30(4)43(29(3)45-47)33-14-10-7-11-15-33)26-37(24-31)48-36-17-18-38-39-25-34(32-12-8-6-9-13-32)16-19-40(39)46(41(38)27-36)42-22-28(2)20-21-44-42;/h6-25H,5H2,1-4H3;/q-2;+2. The van der Waals surface area contributed by atoms with Crippen molar-refractivity contribution < 1.29 is 25.8 Å². The first-order valence-electron chi connectivity index (χ1n) is 16.3. The minimum absolute atomic E-state index is 0. The average Bonchev–Trinajstić information content (AvgIpc) is 3.60. The number of fused-ring (bicyclic) bond motifs is 3. The SMILES string of the molecule is CCc1cc(Oc2[c-]c3c(cc2)c2cc(-c4ccccc4)ccc2n3-c2cc(C)ccn2)[c-]c(-n2nc(C)c(-c3ccccc3)c2C)c1.[Pt+2]. The monoisotopic (exact) mass is 817 g/mol. The van der Waals surface area contributed by atoms with Crippen LogP contribution in [0.4, 0.5) is 0 Å². The van der Waals surface area contributed by atoms with E-state index < -0.39 is 0 Å². The second-order valence-electron chi connectivity index (χ2n) is 12.2. The molecule has 5 aromatic carbocycles. The van der Waals surface area contributed by atoms with Crippen LogP contribution in [0.3, 0.4) is 0 Å². The normalized spacial score (nSPS) is 11.2. The predicted molar refractivity (Wildman–Crippen MR) is 194 cm³/mol. The molecule has 0 amide bonds. The molecule has 0 saturated carbocycles. The smallest absolute Gasteiger partial charge is 0.509 e. The maximum Gasteiger partial charge on any atom is 2.00 e. The maximum absolute atomic E-state index is 6.57. The van der Waals surface area contributed by atoms with E-state index >= 15 is 0 Å². The van der Waals surface area contributed by atoms with Gasteiger partial charge < -0.3 is 9.30 Å². The molecule has 0 unspecified atom stereocenters. The molecule has 0 spiro atoms. The molecule has 3 aromatic heterocycles. The number of hydrogen-bond donors (Lipinski definition) is 0. The Morgan fingerprint density at radius 3 is 2.18 bits per heavy atom. The van der Waals surface area contributed by atoms with Gasteiger partial charge in [0.25, 0.3) is 0 Å². The third kappa shape index (κ3) is 6.00. The molecule has 0 saturated heterocycles. The average molecular weight is 818 g/mol. The molecule has 49 heavy (non-hydrogen) atoms. The van der Waals surface area contributed by atoms with Crippen LogP contribution in [0.2, 0.25) is 0 Å². The van der Waals surface area contributed by atoms with E-state index in [9.17, 15) is 0 Å². The molecule has 0 radical (unpaired) electrons. The molecular formula is C43H34N4OPt. The first-order chi connectivity index (χ1) is 23.5. The van der Waals surface area contributed by atoms with E-state index in [4.69, 9.17) is 14.8 Å². The number of aromatic nitrogens is 4. The fraction of sp³-hybridized carbons (Fsp3) is 0.116. The van der Waals surface area contributed by atoms with Crippen molar-refractivity contribution in [2.75, 3.05) is 0 Å². The summed E-state index contributed by atoms with van der Waals surface area (Å²) in [6.45, 7) is 8.40. The fourth-order valence-corrected chi connectivity index (χ4v) is 6.65. The van der Waals surface area contributed by atoms with Crippen LogP contribution in [0.15, 0.2) is 121 Å². The minimum atomic E-state index is 0. The van der Waals surface area contributed by atoms with E-state index in [-0.39, 0.29) is 21.1 Å². The van der Waals surface area contributed by atoms with Crippen molar-refractivity contribution in [2.24, 2.45) is 0 Å². The van der Waals surface area contributed by atoms with Gasteiger partial charge in [0, 0.05) is 34.5 Å². The number of rotatable bonds is 7. The van der Waals surface area contributed by atoms with Crippen molar-refractivity contribution in [1.82, 2.24) is 19.3 Å². The van der Waals surface area contributed by atoms with Crippen molar-refractivity contribution >= 4 is 21.8 Å². The molecule has 6 heteroatoms. The number of nitrogens with zero attached hydrogens (tertiary/aromatic N) is 4. The molecule has 242 valence electrons. The van der Waals surface area contributed by atoms with Crippen molar-refractivity contribution in [3.63, 3.8) is 0 Å². The van der Waals surface area contributed by atoms with Gasteiger partial charge in [-0.1, -0.05) is 91.7 Å². The number of ether oxygens (including phenoxy) is 1. The Morgan fingerprint density at radius 2 is 1.45 bits per heavy atom. The van der Waals surface area contributed by atoms with Crippen LogP contribution >= 0.6 is 0 Å². The Balaban J connectivity index is 0.00000378. The predicted octanol–water partition coefficient (Wildman–Crippen LogP) is 10.6. The molecule has 8 aromatic rings. The first-order valence-corrected chi connectivity index (χ1v) is 16.3. The summed E-state index contributed by atoms with van der Waals surface area (Å²) in [7, 11) is 0. The third-order valence-electron chi connectivity index (χ3n) is 8.99. The van der Waals surface area contributed by atoms with Crippen LogP contribution in [0.25, 0.3) is 55.6 Å². The maximum atomic E-state index is 6.57. The number of aryl methyl sites for hydroxylation is 3. The number of benzene rings is 5. The van der Waals surface area contributed by atoms with Crippen LogP contribution in [0, 0.1) is 32.9 Å². The van der Waals surface area contributed by atoms with Gasteiger partial charge in [0.15, 0.2) is 0 Å². The van der Waals surface area contributed by atoms with Gasteiger partial charge in [-0.2, -0.15) is 16.7 Å². The summed E-state index contributed by atoms with van der Waals surface area (Å²) >= 11 is 0. The van der Waals surface area contributed by atoms with Gasteiger partial charge in [0.05, 0.1) is 5.69 Å². The molecule has 0 bridgehead atoms. The first kappa shape index (κ1) is 32.3. The van der Waals surface area contributed by atoms with E-state index in [1.807, 2.05) is 35.1 Å². The molecule has 0 aliphatic carbocycles. The summed E-state index contributed by atoms with van der Waals surface area (Å²) in [5.74, 6) is 2.07. The Morgan fingerprint density at radius 1 is 0.694 bits per heavy atom. The van der Waals surface area contributed by atoms with Crippen molar-refractivity contribution in [2.45, 2.75) is 34.1 Å². The molecule has 0 N–H and O–H groups in total. The number of pyridine rings is 1. The van der Waals surface area contributed by atoms with E-state index in [2.05, 4.69) is 135 Å². The van der Waals surface area contributed by atoms with E-state index in [1.54, 1.807) is 0 Å². The third-order valence-corrected chi connectivity index (χ3v) is 8.99. The fourth-order valence-electron chi connectivity index (χ4n) is 6.65. The molecule has 8 rings (SSSR count). The van der Waals surface area contributed by atoms with Crippen LogP contribution in [-0.4, -0.2) is 19.3 Å². The van der Waals surface area contributed by atoms with Gasteiger partial charge in [0.1, 0.15) is 5.82 Å². The zero-order chi connectivity index (χ0) is 32.8. The van der Waals surface area contributed by atoms with Crippen LogP contribution < -0.4 is 4.74 Å². The van der Waals surface area contributed by atoms with E-state index in [1.165, 1.54) is 5.56 Å². The van der Waals surface area contributed by atoms with Gasteiger partial charge in [0.2, 0.25) is 0 Å². The van der Waals surface area contributed by atoms with Crippen molar-refractivity contribution in [1.29, 1.82) is 0 Å². The Bertz CT molecular complexity index is 2440. The Labute approximate surface area is 301 Å². The topological polar surface area (TPSA) is 44.9 Å². The molecule has 0 fully saturated rings. The van der Waals surface area contributed by atoms with Crippen molar-refractivity contribution in [3.05, 3.63) is 156 Å². The quantitative estimate of drug-likeness (QED) is 0.151. The zero-order valence-corrected chi connectivity index (χ0v) is 30.0. The Kier molecular flexibility index (Phi) is 8.79. The van der Waals surface area contributed by atoms with E-state index in [0.29, 0.717) is 11.5 Å². The molecule has 3 heterocycles. The summed E-state index contributed by atoms with van der Waals surface area (Å²) in [5, 5.41) is 7.16. The summed E-state index contributed by atoms with van der Waals surface area (Å²) < 4.78 is 10.7. The second kappa shape index (κ2) is 13.3.